The number of amides is 1. The molecule has 0 spiro atoms. The van der Waals surface area contributed by atoms with E-state index in [0.29, 0.717) is 31.9 Å². The maximum absolute atomic E-state index is 13.0. The Hall–Kier alpha value is -2.38. The van der Waals surface area contributed by atoms with Gasteiger partial charge in [-0.3, -0.25) is 4.79 Å². The van der Waals surface area contributed by atoms with Gasteiger partial charge in [0.05, 0.1) is 24.3 Å². The van der Waals surface area contributed by atoms with Crippen LogP contribution in [0.1, 0.15) is 15.9 Å². The number of ether oxygens (including phenoxy) is 1. The molecule has 0 bridgehead atoms. The number of hydrogen-bond acceptors (Lipinski definition) is 4. The molecular formula is C20H21BrN4O2. The largest absolute Gasteiger partial charge is 0.378 e. The van der Waals surface area contributed by atoms with Crippen molar-refractivity contribution in [3.8, 4) is 0 Å². The Balaban J connectivity index is 1.72. The minimum Gasteiger partial charge on any atom is -0.378 e. The van der Waals surface area contributed by atoms with E-state index >= 15 is 0 Å². The summed E-state index contributed by atoms with van der Waals surface area (Å²) in [6, 6.07) is 8.08. The molecule has 6 nitrogen and oxygen atoms in total. The van der Waals surface area contributed by atoms with Crippen molar-refractivity contribution in [3.05, 3.63) is 52.3 Å². The van der Waals surface area contributed by atoms with Gasteiger partial charge in [0.15, 0.2) is 0 Å². The van der Waals surface area contributed by atoms with E-state index in [1.807, 2.05) is 53.9 Å². The summed E-state index contributed by atoms with van der Waals surface area (Å²) in [5.41, 5.74) is 3.62. The number of anilines is 2. The first-order valence-electron chi connectivity index (χ1n) is 8.89. The number of aromatic nitrogens is 2. The molecule has 1 aliphatic rings. The van der Waals surface area contributed by atoms with E-state index in [9.17, 15) is 4.79 Å². The minimum atomic E-state index is 0.00207. The predicted octanol–water partition coefficient (Wildman–Crippen LogP) is 3.86. The normalized spacial score (nSPS) is 14.6. The van der Waals surface area contributed by atoms with Crippen molar-refractivity contribution in [1.29, 1.82) is 0 Å². The Labute approximate surface area is 166 Å². The van der Waals surface area contributed by atoms with E-state index in [2.05, 4.69) is 26.2 Å². The Kier molecular flexibility index (Phi) is 4.88. The summed E-state index contributed by atoms with van der Waals surface area (Å²) in [6.45, 7) is 4.44. The summed E-state index contributed by atoms with van der Waals surface area (Å²) in [4.78, 5) is 19.4. The number of halogens is 1. The zero-order valence-corrected chi connectivity index (χ0v) is 16.9. The number of aryl methyl sites for hydroxylation is 2. The van der Waals surface area contributed by atoms with Crippen LogP contribution in [0.25, 0.3) is 10.9 Å². The number of carbonyl (C=O) groups excluding carboxylic acids is 1. The van der Waals surface area contributed by atoms with Gasteiger partial charge < -0.3 is 19.5 Å². The van der Waals surface area contributed by atoms with Crippen LogP contribution in [0.2, 0.25) is 0 Å². The summed E-state index contributed by atoms with van der Waals surface area (Å²) in [5, 5.41) is 4.30. The van der Waals surface area contributed by atoms with Gasteiger partial charge in [-0.1, -0.05) is 22.0 Å². The number of nitrogens with zero attached hydrogens (tertiary/aromatic N) is 3. The third-order valence-corrected chi connectivity index (χ3v) is 5.72. The first-order chi connectivity index (χ1) is 13.0. The lowest BCUT2D eigenvalue weighted by Gasteiger charge is -2.27. The highest BCUT2D eigenvalue weighted by Crippen LogP contribution is 2.30. The van der Waals surface area contributed by atoms with Crippen LogP contribution in [0.4, 0.5) is 11.5 Å². The quantitative estimate of drug-likeness (QED) is 0.687. The van der Waals surface area contributed by atoms with Gasteiger partial charge in [0.2, 0.25) is 0 Å². The molecule has 0 saturated carbocycles. The molecule has 1 aliphatic heterocycles. The maximum Gasteiger partial charge on any atom is 0.257 e. The number of nitrogens with one attached hydrogen (secondary N) is 1. The summed E-state index contributed by atoms with van der Waals surface area (Å²) < 4.78 is 8.37. The van der Waals surface area contributed by atoms with Crippen molar-refractivity contribution >= 4 is 44.2 Å². The van der Waals surface area contributed by atoms with Crippen molar-refractivity contribution < 1.29 is 9.53 Å². The second-order valence-electron chi connectivity index (χ2n) is 6.70. The molecule has 1 aromatic carbocycles. The van der Waals surface area contributed by atoms with Crippen LogP contribution in [0.5, 0.6) is 0 Å². The van der Waals surface area contributed by atoms with Gasteiger partial charge in [0.25, 0.3) is 5.91 Å². The molecule has 1 N–H and O–H groups in total. The van der Waals surface area contributed by atoms with E-state index in [4.69, 9.17) is 4.74 Å². The van der Waals surface area contributed by atoms with Crippen LogP contribution >= 0.6 is 15.9 Å². The van der Waals surface area contributed by atoms with Gasteiger partial charge in [0.1, 0.15) is 5.82 Å². The van der Waals surface area contributed by atoms with E-state index in [0.717, 1.165) is 26.9 Å². The topological polar surface area (TPSA) is 59.4 Å². The fraction of sp³-hybridized carbons (Fsp3) is 0.300. The molecule has 0 radical (unpaired) electrons. The molecule has 27 heavy (non-hydrogen) atoms. The number of rotatable bonds is 3. The minimum absolute atomic E-state index is 0.00207. The van der Waals surface area contributed by atoms with Gasteiger partial charge in [-0.2, -0.15) is 0 Å². The molecule has 0 unspecified atom stereocenters. The first-order valence-corrected chi connectivity index (χ1v) is 9.68. The standard InChI is InChI=1S/C20H21BrN4O2/c1-13-3-4-14(11-17(13)21)23-19-15-5-6-24(2)18(15)16(12-22-19)20(26)25-7-9-27-10-8-25/h3-6,11-12H,7-10H2,1-2H3,(H,22,23). The van der Waals surface area contributed by atoms with Gasteiger partial charge in [-0.05, 0) is 30.7 Å². The van der Waals surface area contributed by atoms with Gasteiger partial charge in [-0.15, -0.1) is 0 Å². The Morgan fingerprint density at radius 3 is 2.78 bits per heavy atom. The average molecular weight is 429 g/mol. The van der Waals surface area contributed by atoms with E-state index in [1.54, 1.807) is 6.20 Å². The highest BCUT2D eigenvalue weighted by molar-refractivity contribution is 9.10. The van der Waals surface area contributed by atoms with Crippen LogP contribution in [0.15, 0.2) is 41.1 Å². The second kappa shape index (κ2) is 7.32. The lowest BCUT2D eigenvalue weighted by molar-refractivity contribution is 0.0303. The molecule has 140 valence electrons. The third kappa shape index (κ3) is 3.44. The molecule has 1 saturated heterocycles. The fourth-order valence-electron chi connectivity index (χ4n) is 3.32. The highest BCUT2D eigenvalue weighted by Gasteiger charge is 2.23. The lowest BCUT2D eigenvalue weighted by Crippen LogP contribution is -2.40. The van der Waals surface area contributed by atoms with Gasteiger partial charge in [0, 0.05) is 48.1 Å². The smallest absolute Gasteiger partial charge is 0.257 e. The number of pyridine rings is 1. The number of fused-ring (bicyclic) bond motifs is 1. The molecule has 0 aliphatic carbocycles. The second-order valence-corrected chi connectivity index (χ2v) is 7.56. The molecule has 3 aromatic rings. The molecule has 3 heterocycles. The van der Waals surface area contributed by atoms with Crippen molar-refractivity contribution in [1.82, 2.24) is 14.5 Å². The van der Waals surface area contributed by atoms with Crippen molar-refractivity contribution in [2.75, 3.05) is 31.6 Å². The summed E-state index contributed by atoms with van der Waals surface area (Å²) >= 11 is 3.56. The Bertz CT molecular complexity index is 1010. The monoisotopic (exact) mass is 428 g/mol. The zero-order valence-electron chi connectivity index (χ0n) is 15.3. The van der Waals surface area contributed by atoms with Crippen LogP contribution in [-0.4, -0.2) is 46.7 Å². The fourth-order valence-corrected chi connectivity index (χ4v) is 3.69. The van der Waals surface area contributed by atoms with E-state index < -0.39 is 0 Å². The Morgan fingerprint density at radius 1 is 1.26 bits per heavy atom. The SMILES string of the molecule is Cc1ccc(Nc2ncc(C(=O)N3CCOCC3)c3c2ccn3C)cc1Br. The number of hydrogen-bond donors (Lipinski definition) is 1. The third-order valence-electron chi connectivity index (χ3n) is 4.87. The van der Waals surface area contributed by atoms with E-state index in [1.165, 1.54) is 5.56 Å². The first kappa shape index (κ1) is 18.0. The van der Waals surface area contributed by atoms with Crippen LogP contribution in [0.3, 0.4) is 0 Å². The Morgan fingerprint density at radius 2 is 2.04 bits per heavy atom. The van der Waals surface area contributed by atoms with Gasteiger partial charge in [-0.25, -0.2) is 4.98 Å². The highest BCUT2D eigenvalue weighted by atomic mass is 79.9. The maximum atomic E-state index is 13.0. The zero-order chi connectivity index (χ0) is 19.0. The number of carbonyl (C=O) groups is 1. The summed E-state index contributed by atoms with van der Waals surface area (Å²) in [5.74, 6) is 0.738. The number of morpholine rings is 1. The van der Waals surface area contributed by atoms with Crippen molar-refractivity contribution in [2.24, 2.45) is 7.05 Å². The molecule has 4 rings (SSSR count). The predicted molar refractivity (Wildman–Crippen MR) is 110 cm³/mol. The van der Waals surface area contributed by atoms with Crippen LogP contribution in [-0.2, 0) is 11.8 Å². The van der Waals surface area contributed by atoms with E-state index in [-0.39, 0.29) is 5.91 Å². The number of benzene rings is 1. The molecule has 1 fully saturated rings. The summed E-state index contributed by atoms with van der Waals surface area (Å²) in [7, 11) is 1.95. The van der Waals surface area contributed by atoms with Crippen molar-refractivity contribution in [3.63, 3.8) is 0 Å². The van der Waals surface area contributed by atoms with Crippen LogP contribution in [0, 0.1) is 6.92 Å². The van der Waals surface area contributed by atoms with Crippen molar-refractivity contribution in [2.45, 2.75) is 6.92 Å². The molecule has 7 heteroatoms. The summed E-state index contributed by atoms with van der Waals surface area (Å²) in [6.07, 6.45) is 3.63. The average Bonchev–Trinajstić information content (AvgIpc) is 3.08. The van der Waals surface area contributed by atoms with Crippen LogP contribution < -0.4 is 5.32 Å². The molecule has 2 aromatic heterocycles. The molecular weight excluding hydrogens is 408 g/mol. The molecule has 1 amide bonds. The van der Waals surface area contributed by atoms with Gasteiger partial charge >= 0.3 is 0 Å². The molecule has 0 atom stereocenters. The lowest BCUT2D eigenvalue weighted by atomic mass is 10.1.